The van der Waals surface area contributed by atoms with Crippen LogP contribution in [0.1, 0.15) is 57.5 Å². The first kappa shape index (κ1) is 19.9. The van der Waals surface area contributed by atoms with Crippen molar-refractivity contribution in [1.29, 1.82) is 0 Å². The number of carbonyl (C=O) groups is 2. The van der Waals surface area contributed by atoms with Gasteiger partial charge in [-0.25, -0.2) is 4.79 Å². The zero-order valence-electron chi connectivity index (χ0n) is 16.8. The highest BCUT2D eigenvalue weighted by molar-refractivity contribution is 6.12. The van der Waals surface area contributed by atoms with E-state index in [0.717, 1.165) is 22.3 Å². The van der Waals surface area contributed by atoms with E-state index in [9.17, 15) is 9.59 Å². The molecule has 0 atom stereocenters. The molecule has 0 spiro atoms. The molecule has 3 nitrogen and oxygen atoms in total. The van der Waals surface area contributed by atoms with Gasteiger partial charge in [-0.15, -0.1) is 0 Å². The molecule has 0 unspecified atom stereocenters. The first-order valence-corrected chi connectivity index (χ1v) is 8.83. The highest BCUT2D eigenvalue weighted by atomic mass is 16.5. The Morgan fingerprint density at radius 1 is 0.923 bits per heavy atom. The maximum Gasteiger partial charge on any atom is 0.338 e. The Labute approximate surface area is 156 Å². The second kappa shape index (κ2) is 7.06. The minimum absolute atomic E-state index is 0.100. The SMILES string of the molecule is COC(=O)c1ccccc1C=C1C=C(C(C)(C)C)C(=O)C(C(C)(C)C)=C1. The Kier molecular flexibility index (Phi) is 5.41. The van der Waals surface area contributed by atoms with Crippen LogP contribution >= 0.6 is 0 Å². The number of ether oxygens (including phenoxy) is 1. The predicted molar refractivity (Wildman–Crippen MR) is 106 cm³/mol. The van der Waals surface area contributed by atoms with E-state index in [1.54, 1.807) is 6.07 Å². The van der Waals surface area contributed by atoms with E-state index in [1.165, 1.54) is 7.11 Å². The molecule has 0 N–H and O–H groups in total. The quantitative estimate of drug-likeness (QED) is 0.671. The van der Waals surface area contributed by atoms with Crippen molar-refractivity contribution in [1.82, 2.24) is 0 Å². The smallest absolute Gasteiger partial charge is 0.338 e. The lowest BCUT2D eigenvalue weighted by Gasteiger charge is -2.31. The van der Waals surface area contributed by atoms with Gasteiger partial charge in [-0.05, 0) is 46.3 Å². The van der Waals surface area contributed by atoms with Crippen LogP contribution in [0.25, 0.3) is 6.08 Å². The van der Waals surface area contributed by atoms with E-state index < -0.39 is 0 Å². The summed E-state index contributed by atoms with van der Waals surface area (Å²) in [4.78, 5) is 25.0. The number of hydrogen-bond donors (Lipinski definition) is 0. The molecule has 1 aliphatic rings. The van der Waals surface area contributed by atoms with E-state index >= 15 is 0 Å². The summed E-state index contributed by atoms with van der Waals surface area (Å²) in [6.07, 6.45) is 5.81. The number of benzene rings is 1. The lowest BCUT2D eigenvalue weighted by Crippen LogP contribution is -2.27. The molecule has 0 aliphatic heterocycles. The maximum absolute atomic E-state index is 13.0. The summed E-state index contributed by atoms with van der Waals surface area (Å²) in [5.41, 5.74) is 3.24. The topological polar surface area (TPSA) is 43.4 Å². The van der Waals surface area contributed by atoms with E-state index in [2.05, 4.69) is 0 Å². The molecule has 0 fully saturated rings. The maximum atomic E-state index is 13.0. The van der Waals surface area contributed by atoms with E-state index in [-0.39, 0.29) is 22.6 Å². The molecule has 0 saturated heterocycles. The van der Waals surface area contributed by atoms with Gasteiger partial charge < -0.3 is 4.74 Å². The Balaban J connectivity index is 2.65. The number of ketones is 1. The Morgan fingerprint density at radius 2 is 1.42 bits per heavy atom. The Bertz CT molecular complexity index is 786. The van der Waals surface area contributed by atoms with Gasteiger partial charge in [0.2, 0.25) is 0 Å². The fourth-order valence-electron chi connectivity index (χ4n) is 2.95. The number of Topliss-reactive ketones (excluding diaryl/α,β-unsaturated/α-hetero) is 1. The van der Waals surface area contributed by atoms with Crippen molar-refractivity contribution in [3.05, 3.63) is 64.3 Å². The van der Waals surface area contributed by atoms with Crippen molar-refractivity contribution in [3.63, 3.8) is 0 Å². The first-order valence-electron chi connectivity index (χ1n) is 8.83. The minimum atomic E-state index is -0.371. The lowest BCUT2D eigenvalue weighted by molar-refractivity contribution is -0.114. The van der Waals surface area contributed by atoms with Crippen LogP contribution in [0.3, 0.4) is 0 Å². The summed E-state index contributed by atoms with van der Waals surface area (Å²) in [5, 5.41) is 0. The normalized spacial score (nSPS) is 15.3. The van der Waals surface area contributed by atoms with Crippen molar-refractivity contribution in [2.45, 2.75) is 41.5 Å². The summed E-state index contributed by atoms with van der Waals surface area (Å²) in [5.74, 6) is -0.271. The predicted octanol–water partition coefficient (Wildman–Crippen LogP) is 5.38. The molecular formula is C23H28O3. The number of methoxy groups -OCH3 is 1. The molecule has 138 valence electrons. The monoisotopic (exact) mass is 352 g/mol. The molecule has 0 heterocycles. The van der Waals surface area contributed by atoms with Gasteiger partial charge in [0.1, 0.15) is 0 Å². The summed E-state index contributed by atoms with van der Waals surface area (Å²) in [6.45, 7) is 12.3. The van der Waals surface area contributed by atoms with Crippen molar-refractivity contribution >= 4 is 17.8 Å². The summed E-state index contributed by atoms with van der Waals surface area (Å²) in [6, 6.07) is 7.32. The Morgan fingerprint density at radius 3 is 1.88 bits per heavy atom. The first-order chi connectivity index (χ1) is 11.9. The van der Waals surface area contributed by atoms with Crippen LogP contribution in [-0.4, -0.2) is 18.9 Å². The highest BCUT2D eigenvalue weighted by Crippen LogP contribution is 2.39. The van der Waals surface area contributed by atoms with Crippen LogP contribution in [0.5, 0.6) is 0 Å². The molecule has 26 heavy (non-hydrogen) atoms. The number of rotatable bonds is 2. The van der Waals surface area contributed by atoms with Crippen molar-refractivity contribution in [2.75, 3.05) is 7.11 Å². The van der Waals surface area contributed by atoms with E-state index in [0.29, 0.717) is 5.56 Å². The third-order valence-electron chi connectivity index (χ3n) is 4.42. The second-order valence-electron chi connectivity index (χ2n) is 8.67. The second-order valence-corrected chi connectivity index (χ2v) is 8.67. The summed E-state index contributed by atoms with van der Waals surface area (Å²) < 4.78 is 4.88. The van der Waals surface area contributed by atoms with Crippen LogP contribution in [0.4, 0.5) is 0 Å². The average Bonchev–Trinajstić information content (AvgIpc) is 2.54. The number of allylic oxidation sites excluding steroid dienone is 5. The van der Waals surface area contributed by atoms with Crippen molar-refractivity contribution < 1.29 is 14.3 Å². The third-order valence-corrected chi connectivity index (χ3v) is 4.42. The molecule has 1 aliphatic carbocycles. The number of hydrogen-bond acceptors (Lipinski definition) is 3. The molecule has 3 heteroatoms. The fraction of sp³-hybridized carbons (Fsp3) is 0.391. The molecule has 0 radical (unpaired) electrons. The molecule has 0 saturated carbocycles. The van der Waals surface area contributed by atoms with Gasteiger partial charge in [0.05, 0.1) is 12.7 Å². The Hall–Kier alpha value is -2.42. The molecule has 0 amide bonds. The lowest BCUT2D eigenvalue weighted by atomic mass is 9.72. The van der Waals surface area contributed by atoms with Gasteiger partial charge in [0.25, 0.3) is 0 Å². The van der Waals surface area contributed by atoms with Crippen LogP contribution < -0.4 is 0 Å². The summed E-state index contributed by atoms with van der Waals surface area (Å²) >= 11 is 0. The van der Waals surface area contributed by atoms with Crippen LogP contribution in [0.2, 0.25) is 0 Å². The van der Waals surface area contributed by atoms with Gasteiger partial charge in [0.15, 0.2) is 5.78 Å². The molecule has 0 bridgehead atoms. The number of carbonyl (C=O) groups excluding carboxylic acids is 2. The fourth-order valence-corrected chi connectivity index (χ4v) is 2.95. The van der Waals surface area contributed by atoms with Crippen molar-refractivity contribution in [3.8, 4) is 0 Å². The molecule has 0 aromatic heterocycles. The zero-order chi connectivity index (χ0) is 19.7. The van der Waals surface area contributed by atoms with Gasteiger partial charge >= 0.3 is 5.97 Å². The van der Waals surface area contributed by atoms with E-state index in [4.69, 9.17) is 4.74 Å². The third kappa shape index (κ3) is 4.21. The summed E-state index contributed by atoms with van der Waals surface area (Å²) in [7, 11) is 1.38. The minimum Gasteiger partial charge on any atom is -0.465 e. The number of esters is 1. The average molecular weight is 352 g/mol. The van der Waals surface area contributed by atoms with Gasteiger partial charge in [-0.1, -0.05) is 59.7 Å². The highest BCUT2D eigenvalue weighted by Gasteiger charge is 2.34. The van der Waals surface area contributed by atoms with E-state index in [1.807, 2.05) is 78.0 Å². The standard InChI is InChI=1S/C23H28O3/c1-22(2,3)18-13-15(14-19(20(18)24)23(4,5)6)12-16-10-8-9-11-17(16)21(25)26-7/h8-14H,1-7H3. The van der Waals surface area contributed by atoms with Gasteiger partial charge in [-0.3, -0.25) is 4.79 Å². The molecular weight excluding hydrogens is 324 g/mol. The van der Waals surface area contributed by atoms with Gasteiger partial charge in [-0.2, -0.15) is 0 Å². The largest absolute Gasteiger partial charge is 0.465 e. The molecule has 1 aromatic carbocycles. The zero-order valence-corrected chi connectivity index (χ0v) is 16.8. The van der Waals surface area contributed by atoms with Gasteiger partial charge in [0, 0.05) is 11.1 Å². The van der Waals surface area contributed by atoms with Crippen LogP contribution in [-0.2, 0) is 9.53 Å². The molecule has 1 aromatic rings. The molecule has 2 rings (SSSR count). The van der Waals surface area contributed by atoms with Crippen LogP contribution in [0, 0.1) is 10.8 Å². The van der Waals surface area contributed by atoms with Crippen LogP contribution in [0.15, 0.2) is 53.1 Å². The van der Waals surface area contributed by atoms with Crippen molar-refractivity contribution in [2.24, 2.45) is 10.8 Å².